The van der Waals surface area contributed by atoms with Crippen LogP contribution in [0.5, 0.6) is 0 Å². The largest absolute Gasteiger partial charge is 0.330 e. The molecule has 0 radical (unpaired) electrons. The third kappa shape index (κ3) is 2.30. The van der Waals surface area contributed by atoms with E-state index in [2.05, 4.69) is 56.4 Å². The topological polar surface area (TPSA) is 26.0 Å². The first-order valence-electron chi connectivity index (χ1n) is 6.61. The van der Waals surface area contributed by atoms with Gasteiger partial charge in [-0.05, 0) is 23.8 Å². The average molecular weight is 229 g/mol. The van der Waals surface area contributed by atoms with E-state index in [1.54, 1.807) is 0 Å². The molecule has 0 aromatic carbocycles. The van der Waals surface area contributed by atoms with Gasteiger partial charge in [0.15, 0.2) is 0 Å². The van der Waals surface area contributed by atoms with Crippen molar-refractivity contribution in [1.82, 2.24) is 0 Å². The van der Waals surface area contributed by atoms with Crippen molar-refractivity contribution in [2.45, 2.75) is 26.7 Å². The van der Waals surface area contributed by atoms with Crippen LogP contribution in [0, 0.1) is 17.3 Å². The van der Waals surface area contributed by atoms with Gasteiger partial charge in [-0.25, -0.2) is 0 Å². The fraction of sp³-hybridized carbons (Fsp3) is 0.500. The molecule has 1 fully saturated rings. The fourth-order valence-corrected chi connectivity index (χ4v) is 3.04. The van der Waals surface area contributed by atoms with Crippen molar-refractivity contribution in [3.8, 4) is 0 Å². The van der Waals surface area contributed by atoms with Crippen molar-refractivity contribution in [2.24, 2.45) is 23.0 Å². The van der Waals surface area contributed by atoms with E-state index in [9.17, 15) is 0 Å². The van der Waals surface area contributed by atoms with E-state index in [0.29, 0.717) is 0 Å². The molecular formula is C16H23N. The first kappa shape index (κ1) is 12.4. The molecule has 0 aliphatic heterocycles. The third-order valence-electron chi connectivity index (χ3n) is 4.52. The predicted molar refractivity (Wildman–Crippen MR) is 74.6 cm³/mol. The Morgan fingerprint density at radius 2 is 1.88 bits per heavy atom. The van der Waals surface area contributed by atoms with Gasteiger partial charge >= 0.3 is 0 Å². The van der Waals surface area contributed by atoms with Crippen molar-refractivity contribution >= 4 is 0 Å². The second kappa shape index (κ2) is 5.05. The van der Waals surface area contributed by atoms with E-state index in [-0.39, 0.29) is 5.41 Å². The molecule has 1 nitrogen and oxygen atoms in total. The van der Waals surface area contributed by atoms with E-state index in [0.717, 1.165) is 18.4 Å². The van der Waals surface area contributed by atoms with Gasteiger partial charge in [-0.3, -0.25) is 0 Å². The van der Waals surface area contributed by atoms with Crippen molar-refractivity contribution < 1.29 is 0 Å². The van der Waals surface area contributed by atoms with Crippen LogP contribution < -0.4 is 5.73 Å². The van der Waals surface area contributed by atoms with E-state index in [1.165, 1.54) is 18.4 Å². The monoisotopic (exact) mass is 229 g/mol. The smallest absolute Gasteiger partial charge is 0.00780 e. The van der Waals surface area contributed by atoms with Crippen molar-refractivity contribution in [3.05, 3.63) is 48.1 Å². The van der Waals surface area contributed by atoms with Gasteiger partial charge in [-0.2, -0.15) is 0 Å². The Morgan fingerprint density at radius 1 is 1.18 bits per heavy atom. The lowest BCUT2D eigenvalue weighted by Crippen LogP contribution is -2.44. The highest BCUT2D eigenvalue weighted by atomic mass is 14.6. The van der Waals surface area contributed by atoms with Gasteiger partial charge in [-0.15, -0.1) is 0 Å². The number of nitrogens with two attached hydrogens (primary N) is 1. The Balaban J connectivity index is 2.27. The molecule has 0 aromatic heterocycles. The average Bonchev–Trinajstić information content (AvgIpc) is 2.26. The standard InChI is InChI=1S/C16H23N/c1-13-10-11-15(13)16(2,12-17)14-8-6-4-3-5-7-9-14/h3-9,13,15H,10-12,17H2,1-2H3/b4-3-,5-3?,6-4?,7-5+,8-6?,9-7?,14-8?,14-9?/t13?,15-,16-/m0/s1. The van der Waals surface area contributed by atoms with E-state index in [4.69, 9.17) is 5.73 Å². The summed E-state index contributed by atoms with van der Waals surface area (Å²) >= 11 is 0. The zero-order valence-electron chi connectivity index (χ0n) is 10.9. The molecule has 1 unspecified atom stereocenters. The molecule has 0 aromatic rings. The fourth-order valence-electron chi connectivity index (χ4n) is 3.04. The molecule has 92 valence electrons. The lowest BCUT2D eigenvalue weighted by molar-refractivity contribution is 0.0763. The first-order valence-corrected chi connectivity index (χ1v) is 6.61. The molecule has 0 heterocycles. The van der Waals surface area contributed by atoms with Crippen LogP contribution >= 0.6 is 0 Å². The summed E-state index contributed by atoms with van der Waals surface area (Å²) in [6.45, 7) is 5.41. The normalized spacial score (nSPS) is 34.9. The second-order valence-corrected chi connectivity index (χ2v) is 5.53. The Kier molecular flexibility index (Phi) is 3.68. The van der Waals surface area contributed by atoms with E-state index < -0.39 is 0 Å². The summed E-state index contributed by atoms with van der Waals surface area (Å²) < 4.78 is 0. The zero-order chi connectivity index (χ0) is 12.3. The lowest BCUT2D eigenvalue weighted by atomic mass is 9.57. The summed E-state index contributed by atoms with van der Waals surface area (Å²) in [7, 11) is 0. The molecule has 3 atom stereocenters. The summed E-state index contributed by atoms with van der Waals surface area (Å²) in [5.74, 6) is 1.54. The summed E-state index contributed by atoms with van der Waals surface area (Å²) in [6.07, 6.45) is 17.5. The zero-order valence-corrected chi connectivity index (χ0v) is 10.9. The predicted octanol–water partition coefficient (Wildman–Crippen LogP) is 3.61. The minimum atomic E-state index is 0.129. The second-order valence-electron chi connectivity index (χ2n) is 5.53. The van der Waals surface area contributed by atoms with Crippen molar-refractivity contribution in [1.29, 1.82) is 0 Å². The maximum absolute atomic E-state index is 6.08. The van der Waals surface area contributed by atoms with Gasteiger partial charge in [0.2, 0.25) is 0 Å². The third-order valence-corrected chi connectivity index (χ3v) is 4.52. The minimum absolute atomic E-state index is 0.129. The highest BCUT2D eigenvalue weighted by Crippen LogP contribution is 2.49. The summed E-state index contributed by atoms with van der Waals surface area (Å²) in [5, 5.41) is 0. The Hall–Kier alpha value is -1.08. The number of hydrogen-bond acceptors (Lipinski definition) is 1. The lowest BCUT2D eigenvalue weighted by Gasteiger charge is -2.48. The maximum atomic E-state index is 6.08. The molecule has 2 aliphatic carbocycles. The van der Waals surface area contributed by atoms with E-state index >= 15 is 0 Å². The molecule has 0 saturated heterocycles. The molecule has 2 aliphatic rings. The molecule has 2 N–H and O–H groups in total. The van der Waals surface area contributed by atoms with Gasteiger partial charge in [0, 0.05) is 12.0 Å². The highest BCUT2D eigenvalue weighted by Gasteiger charge is 2.43. The van der Waals surface area contributed by atoms with Crippen molar-refractivity contribution in [3.63, 3.8) is 0 Å². The molecule has 17 heavy (non-hydrogen) atoms. The number of rotatable bonds is 3. The van der Waals surface area contributed by atoms with Crippen LogP contribution in [0.4, 0.5) is 0 Å². The Morgan fingerprint density at radius 3 is 2.47 bits per heavy atom. The van der Waals surface area contributed by atoms with Gasteiger partial charge < -0.3 is 5.73 Å². The summed E-state index contributed by atoms with van der Waals surface area (Å²) in [5.41, 5.74) is 7.58. The van der Waals surface area contributed by atoms with Crippen LogP contribution in [0.3, 0.4) is 0 Å². The first-order chi connectivity index (χ1) is 8.18. The SMILES string of the molecule is CC1CC[C@@H]1[C@@](C)(CN)C1=C/C=C/C=C\C=C1. The Bertz CT molecular complexity index is 386. The molecule has 0 amide bonds. The van der Waals surface area contributed by atoms with E-state index in [1.807, 2.05) is 0 Å². The van der Waals surface area contributed by atoms with Crippen LogP contribution in [-0.2, 0) is 0 Å². The van der Waals surface area contributed by atoms with Gasteiger partial charge in [0.25, 0.3) is 0 Å². The van der Waals surface area contributed by atoms with Crippen LogP contribution in [0.1, 0.15) is 26.7 Å². The van der Waals surface area contributed by atoms with Gasteiger partial charge in [0.1, 0.15) is 0 Å². The van der Waals surface area contributed by atoms with Crippen LogP contribution in [0.2, 0.25) is 0 Å². The molecule has 1 saturated carbocycles. The van der Waals surface area contributed by atoms with Gasteiger partial charge in [0.05, 0.1) is 0 Å². The molecule has 0 bridgehead atoms. The van der Waals surface area contributed by atoms with Crippen LogP contribution in [0.25, 0.3) is 0 Å². The van der Waals surface area contributed by atoms with Crippen LogP contribution in [-0.4, -0.2) is 6.54 Å². The van der Waals surface area contributed by atoms with Gasteiger partial charge in [-0.1, -0.05) is 62.8 Å². The summed E-state index contributed by atoms with van der Waals surface area (Å²) in [4.78, 5) is 0. The van der Waals surface area contributed by atoms with Crippen LogP contribution in [0.15, 0.2) is 48.1 Å². The number of allylic oxidation sites excluding steroid dienone is 7. The molecule has 1 heteroatoms. The molecule has 0 spiro atoms. The molecule has 2 rings (SSSR count). The quantitative estimate of drug-likeness (QED) is 0.786. The van der Waals surface area contributed by atoms with Crippen molar-refractivity contribution in [2.75, 3.05) is 6.54 Å². The minimum Gasteiger partial charge on any atom is -0.330 e. The number of hydrogen-bond donors (Lipinski definition) is 1. The maximum Gasteiger partial charge on any atom is 0.00780 e. The molecular weight excluding hydrogens is 206 g/mol. The Labute approximate surface area is 105 Å². The summed E-state index contributed by atoms with van der Waals surface area (Å²) in [6, 6.07) is 0. The highest BCUT2D eigenvalue weighted by molar-refractivity contribution is 5.36.